The van der Waals surface area contributed by atoms with Crippen molar-refractivity contribution in [1.29, 1.82) is 0 Å². The maximum Gasteiger partial charge on any atom is 0.191 e. The lowest BCUT2D eigenvalue weighted by atomic mass is 9.96. The number of piperidine rings is 1. The van der Waals surface area contributed by atoms with Crippen LogP contribution in [-0.4, -0.2) is 50.1 Å². The molecule has 0 spiro atoms. The smallest absolute Gasteiger partial charge is 0.191 e. The third-order valence-corrected chi connectivity index (χ3v) is 5.90. The van der Waals surface area contributed by atoms with Gasteiger partial charge in [0, 0.05) is 49.7 Å². The van der Waals surface area contributed by atoms with E-state index in [0.29, 0.717) is 6.04 Å². The van der Waals surface area contributed by atoms with Crippen molar-refractivity contribution in [2.45, 2.75) is 51.0 Å². The van der Waals surface area contributed by atoms with Gasteiger partial charge in [-0.1, -0.05) is 37.6 Å². The molecule has 2 fully saturated rings. The first kappa shape index (κ1) is 19.5. The molecule has 5 heteroatoms. The van der Waals surface area contributed by atoms with Crippen LogP contribution in [0.2, 0.25) is 5.02 Å². The molecule has 0 unspecified atom stereocenters. The number of benzene rings is 1. The Morgan fingerprint density at radius 3 is 2.62 bits per heavy atom. The first-order valence-electron chi connectivity index (χ1n) is 9.96. The average Bonchev–Trinajstić information content (AvgIpc) is 3.41. The minimum Gasteiger partial charge on any atom is -0.356 e. The zero-order chi connectivity index (χ0) is 18.6. The predicted octanol–water partition coefficient (Wildman–Crippen LogP) is 3.66. The minimum atomic E-state index is 0.225. The van der Waals surface area contributed by atoms with Gasteiger partial charge in [-0.15, -0.1) is 0 Å². The van der Waals surface area contributed by atoms with Crippen molar-refractivity contribution in [3.05, 3.63) is 34.9 Å². The summed E-state index contributed by atoms with van der Waals surface area (Å²) < 4.78 is 0. The lowest BCUT2D eigenvalue weighted by Gasteiger charge is -2.34. The number of rotatable bonds is 6. The van der Waals surface area contributed by atoms with Gasteiger partial charge in [-0.3, -0.25) is 4.99 Å². The molecule has 1 aromatic carbocycles. The van der Waals surface area contributed by atoms with Crippen molar-refractivity contribution in [3.8, 4) is 0 Å². The lowest BCUT2D eigenvalue weighted by Crippen LogP contribution is -2.50. The summed E-state index contributed by atoms with van der Waals surface area (Å²) in [5.41, 5.74) is 1.57. The highest BCUT2D eigenvalue weighted by Crippen LogP contribution is 2.48. The zero-order valence-corrected chi connectivity index (χ0v) is 17.1. The fourth-order valence-corrected chi connectivity index (χ4v) is 4.14. The molecule has 1 saturated carbocycles. The highest BCUT2D eigenvalue weighted by Gasteiger charge is 2.44. The fraction of sp³-hybridized carbons (Fsp3) is 0.667. The molecule has 0 radical (unpaired) electrons. The number of nitrogens with zero attached hydrogens (tertiary/aromatic N) is 2. The van der Waals surface area contributed by atoms with E-state index in [1.807, 2.05) is 13.1 Å². The van der Waals surface area contributed by atoms with Crippen LogP contribution < -0.4 is 10.6 Å². The topological polar surface area (TPSA) is 39.7 Å². The summed E-state index contributed by atoms with van der Waals surface area (Å²) >= 11 is 6.18. The standard InChI is InChI=1S/C21H33ClN4/c1-16(2)14-26-11-7-19(8-12-26)25-20(23-3)24-15-21(9-10-21)17-5-4-6-18(22)13-17/h4-6,13,16,19H,7-12,14-15H2,1-3H3,(H2,23,24,25). The van der Waals surface area contributed by atoms with E-state index in [4.69, 9.17) is 11.6 Å². The van der Waals surface area contributed by atoms with Gasteiger partial charge in [0.1, 0.15) is 0 Å². The van der Waals surface area contributed by atoms with Crippen molar-refractivity contribution in [3.63, 3.8) is 0 Å². The van der Waals surface area contributed by atoms with Crippen molar-refractivity contribution in [2.75, 3.05) is 33.2 Å². The Labute approximate surface area is 163 Å². The van der Waals surface area contributed by atoms with Crippen LogP contribution in [0.3, 0.4) is 0 Å². The first-order chi connectivity index (χ1) is 12.5. The molecule has 0 amide bonds. The molecule has 0 aromatic heterocycles. The number of likely N-dealkylation sites (tertiary alicyclic amines) is 1. The van der Waals surface area contributed by atoms with Crippen LogP contribution in [-0.2, 0) is 5.41 Å². The maximum atomic E-state index is 6.18. The van der Waals surface area contributed by atoms with Crippen LogP contribution >= 0.6 is 11.6 Å². The number of guanidine groups is 1. The third kappa shape index (κ3) is 5.14. The van der Waals surface area contributed by atoms with Gasteiger partial charge in [-0.2, -0.15) is 0 Å². The molecule has 3 rings (SSSR count). The Hall–Kier alpha value is -1.26. The molecule has 2 aliphatic rings. The van der Waals surface area contributed by atoms with Crippen LogP contribution in [0.25, 0.3) is 0 Å². The van der Waals surface area contributed by atoms with Crippen LogP contribution in [0, 0.1) is 5.92 Å². The van der Waals surface area contributed by atoms with E-state index < -0.39 is 0 Å². The fourth-order valence-electron chi connectivity index (χ4n) is 3.95. The van der Waals surface area contributed by atoms with Gasteiger partial charge in [-0.05, 0) is 49.3 Å². The summed E-state index contributed by atoms with van der Waals surface area (Å²) in [7, 11) is 1.86. The third-order valence-electron chi connectivity index (χ3n) is 5.66. The predicted molar refractivity (Wildman–Crippen MR) is 111 cm³/mol. The van der Waals surface area contributed by atoms with Gasteiger partial charge in [0.15, 0.2) is 5.96 Å². The second-order valence-electron chi connectivity index (χ2n) is 8.33. The summed E-state index contributed by atoms with van der Waals surface area (Å²) in [6.07, 6.45) is 4.80. The second-order valence-corrected chi connectivity index (χ2v) is 8.77. The Morgan fingerprint density at radius 2 is 2.04 bits per heavy atom. The quantitative estimate of drug-likeness (QED) is 0.588. The molecular weight excluding hydrogens is 344 g/mol. The molecule has 26 heavy (non-hydrogen) atoms. The first-order valence-corrected chi connectivity index (χ1v) is 10.3. The van der Waals surface area contributed by atoms with E-state index in [9.17, 15) is 0 Å². The summed E-state index contributed by atoms with van der Waals surface area (Å²) in [5, 5.41) is 8.02. The summed E-state index contributed by atoms with van der Waals surface area (Å²) in [6.45, 7) is 9.08. The summed E-state index contributed by atoms with van der Waals surface area (Å²) in [5.74, 6) is 1.68. The minimum absolute atomic E-state index is 0.225. The van der Waals surface area contributed by atoms with E-state index in [0.717, 1.165) is 23.4 Å². The van der Waals surface area contributed by atoms with Gasteiger partial charge >= 0.3 is 0 Å². The van der Waals surface area contributed by atoms with Crippen molar-refractivity contribution < 1.29 is 0 Å². The van der Waals surface area contributed by atoms with E-state index in [2.05, 4.69) is 52.6 Å². The Bertz CT molecular complexity index is 616. The van der Waals surface area contributed by atoms with Crippen molar-refractivity contribution in [2.24, 2.45) is 10.9 Å². The maximum absolute atomic E-state index is 6.18. The van der Waals surface area contributed by atoms with E-state index >= 15 is 0 Å². The zero-order valence-electron chi connectivity index (χ0n) is 16.4. The molecular formula is C21H33ClN4. The van der Waals surface area contributed by atoms with E-state index in [-0.39, 0.29) is 5.41 Å². The molecule has 0 bridgehead atoms. The summed E-state index contributed by atoms with van der Waals surface area (Å²) in [6, 6.07) is 8.82. The molecule has 1 heterocycles. The molecule has 1 aromatic rings. The number of aliphatic imine (C=N–C) groups is 1. The van der Waals surface area contributed by atoms with Gasteiger partial charge in [0.25, 0.3) is 0 Å². The van der Waals surface area contributed by atoms with Crippen LogP contribution in [0.5, 0.6) is 0 Å². The molecule has 1 aliphatic carbocycles. The molecule has 1 saturated heterocycles. The molecule has 0 atom stereocenters. The number of hydrogen-bond donors (Lipinski definition) is 2. The van der Waals surface area contributed by atoms with Crippen molar-refractivity contribution >= 4 is 17.6 Å². The number of hydrogen-bond acceptors (Lipinski definition) is 2. The van der Waals surface area contributed by atoms with Gasteiger partial charge in [0.05, 0.1) is 0 Å². The van der Waals surface area contributed by atoms with Gasteiger partial charge in [0.2, 0.25) is 0 Å². The molecule has 1 aliphatic heterocycles. The highest BCUT2D eigenvalue weighted by molar-refractivity contribution is 6.30. The van der Waals surface area contributed by atoms with Crippen LogP contribution in [0.4, 0.5) is 0 Å². The monoisotopic (exact) mass is 376 g/mol. The molecule has 144 valence electrons. The Kier molecular flexibility index (Phi) is 6.46. The molecule has 4 nitrogen and oxygen atoms in total. The molecule has 2 N–H and O–H groups in total. The van der Waals surface area contributed by atoms with Crippen LogP contribution in [0.1, 0.15) is 45.1 Å². The van der Waals surface area contributed by atoms with Crippen molar-refractivity contribution in [1.82, 2.24) is 15.5 Å². The SMILES string of the molecule is CN=C(NCC1(c2cccc(Cl)c2)CC1)NC1CCN(CC(C)C)CC1. The number of nitrogens with one attached hydrogen (secondary N) is 2. The Balaban J connectivity index is 1.47. The van der Waals surface area contributed by atoms with E-state index in [1.165, 1.54) is 50.9 Å². The summed E-state index contributed by atoms with van der Waals surface area (Å²) in [4.78, 5) is 7.03. The van der Waals surface area contributed by atoms with Crippen LogP contribution in [0.15, 0.2) is 29.3 Å². The second kappa shape index (κ2) is 8.62. The highest BCUT2D eigenvalue weighted by atomic mass is 35.5. The van der Waals surface area contributed by atoms with E-state index in [1.54, 1.807) is 0 Å². The number of halogens is 1. The average molecular weight is 377 g/mol. The lowest BCUT2D eigenvalue weighted by molar-refractivity contribution is 0.187. The Morgan fingerprint density at radius 1 is 1.31 bits per heavy atom. The van der Waals surface area contributed by atoms with Gasteiger partial charge in [-0.25, -0.2) is 0 Å². The van der Waals surface area contributed by atoms with Gasteiger partial charge < -0.3 is 15.5 Å². The normalized spacial score (nSPS) is 21.0. The largest absolute Gasteiger partial charge is 0.356 e.